The molecule has 0 aliphatic carbocycles. The first kappa shape index (κ1) is 14.6. The summed E-state index contributed by atoms with van der Waals surface area (Å²) in [6.45, 7) is 4.00. The number of hydrogen-bond donors (Lipinski definition) is 1. The summed E-state index contributed by atoms with van der Waals surface area (Å²) in [6, 6.07) is 5.63. The first-order chi connectivity index (χ1) is 10.4. The third kappa shape index (κ3) is 3.42. The molecule has 3 aromatic rings. The third-order valence-corrected chi connectivity index (χ3v) is 2.65. The van der Waals surface area contributed by atoms with E-state index in [0.717, 1.165) is 16.7 Å². The van der Waals surface area contributed by atoms with E-state index >= 15 is 0 Å². The van der Waals surface area contributed by atoms with Crippen molar-refractivity contribution in [3.63, 3.8) is 0 Å². The van der Waals surface area contributed by atoms with Gasteiger partial charge in [-0.15, -0.1) is 0 Å². The van der Waals surface area contributed by atoms with Gasteiger partial charge in [-0.3, -0.25) is 4.98 Å². The smallest absolute Gasteiger partial charge is 0.150 e. The Morgan fingerprint density at radius 2 is 1.90 bits per heavy atom. The molecule has 0 saturated heterocycles. The number of rotatable bonds is 3. The van der Waals surface area contributed by atoms with Crippen LogP contribution >= 0.6 is 0 Å². The number of ether oxygens (including phenoxy) is 1. The number of nitrogens with one attached hydrogen (secondary N) is 1. The van der Waals surface area contributed by atoms with Gasteiger partial charge in [-0.05, 0) is 18.2 Å². The molecule has 6 heteroatoms. The molecule has 0 radical (unpaired) electrons. The fourth-order valence-electron chi connectivity index (χ4n) is 1.75. The topological polar surface area (TPSA) is 72.8 Å². The van der Waals surface area contributed by atoms with Crippen molar-refractivity contribution in [2.75, 3.05) is 12.4 Å². The fraction of sp³-hybridized carbons (Fsp3) is 0.200. The Labute approximate surface area is 123 Å². The van der Waals surface area contributed by atoms with Gasteiger partial charge in [0, 0.05) is 17.8 Å². The molecule has 6 nitrogen and oxygen atoms in total. The van der Waals surface area contributed by atoms with Crippen molar-refractivity contribution < 1.29 is 4.74 Å². The lowest BCUT2D eigenvalue weighted by Crippen LogP contribution is -1.98. The minimum atomic E-state index is 0.630. The largest absolute Gasteiger partial charge is 0.497 e. The van der Waals surface area contributed by atoms with Crippen LogP contribution in [0.5, 0.6) is 5.75 Å². The second-order valence-electron chi connectivity index (χ2n) is 3.82. The number of nitrogens with zero attached hydrogens (tertiary/aromatic N) is 4. The van der Waals surface area contributed by atoms with Crippen LogP contribution in [0.3, 0.4) is 0 Å². The zero-order chi connectivity index (χ0) is 15.1. The maximum absolute atomic E-state index is 5.22. The summed E-state index contributed by atoms with van der Waals surface area (Å²) in [4.78, 5) is 16.6. The van der Waals surface area contributed by atoms with Crippen LogP contribution in [0, 0.1) is 0 Å². The average Bonchev–Trinajstić information content (AvgIpc) is 2.57. The highest BCUT2D eigenvalue weighted by molar-refractivity contribution is 5.91. The van der Waals surface area contributed by atoms with Gasteiger partial charge in [-0.1, -0.05) is 13.8 Å². The van der Waals surface area contributed by atoms with Gasteiger partial charge in [0.2, 0.25) is 0 Å². The third-order valence-electron chi connectivity index (χ3n) is 2.65. The first-order valence-electron chi connectivity index (χ1n) is 6.68. The van der Waals surface area contributed by atoms with Gasteiger partial charge in [-0.25, -0.2) is 15.0 Å². The number of hydrogen-bond acceptors (Lipinski definition) is 6. The molecule has 0 aliphatic rings. The van der Waals surface area contributed by atoms with Gasteiger partial charge in [0.05, 0.1) is 18.8 Å². The maximum Gasteiger partial charge on any atom is 0.150 e. The van der Waals surface area contributed by atoms with Crippen molar-refractivity contribution >= 4 is 22.5 Å². The lowest BCUT2D eigenvalue weighted by Gasteiger charge is -2.08. The lowest BCUT2D eigenvalue weighted by atomic mass is 10.2. The Morgan fingerprint density at radius 1 is 1.05 bits per heavy atom. The van der Waals surface area contributed by atoms with Crippen LogP contribution in [-0.4, -0.2) is 27.0 Å². The van der Waals surface area contributed by atoms with Crippen molar-refractivity contribution in [2.45, 2.75) is 13.8 Å². The molecule has 108 valence electrons. The van der Waals surface area contributed by atoms with Crippen LogP contribution in [0.1, 0.15) is 13.8 Å². The van der Waals surface area contributed by atoms with E-state index in [-0.39, 0.29) is 0 Å². The predicted octanol–water partition coefficient (Wildman–Crippen LogP) is 3.20. The Kier molecular flexibility index (Phi) is 4.98. The van der Waals surface area contributed by atoms with E-state index in [0.29, 0.717) is 11.6 Å². The summed E-state index contributed by atoms with van der Waals surface area (Å²) in [5.74, 6) is 2.05. The highest BCUT2D eigenvalue weighted by Crippen LogP contribution is 2.25. The van der Waals surface area contributed by atoms with E-state index in [1.807, 2.05) is 32.0 Å². The van der Waals surface area contributed by atoms with E-state index in [4.69, 9.17) is 4.74 Å². The molecule has 2 heterocycles. The first-order valence-corrected chi connectivity index (χ1v) is 6.68. The van der Waals surface area contributed by atoms with Gasteiger partial charge < -0.3 is 10.1 Å². The van der Waals surface area contributed by atoms with Gasteiger partial charge in [0.25, 0.3) is 0 Å². The molecule has 1 aromatic carbocycles. The van der Waals surface area contributed by atoms with E-state index in [1.165, 1.54) is 6.33 Å². The van der Waals surface area contributed by atoms with Crippen molar-refractivity contribution in [3.05, 3.63) is 43.1 Å². The van der Waals surface area contributed by atoms with Gasteiger partial charge >= 0.3 is 0 Å². The van der Waals surface area contributed by atoms with Crippen LogP contribution in [0.25, 0.3) is 10.9 Å². The van der Waals surface area contributed by atoms with Crippen molar-refractivity contribution in [1.82, 2.24) is 19.9 Å². The summed E-state index contributed by atoms with van der Waals surface area (Å²) < 4.78 is 5.22. The molecule has 0 aliphatic heterocycles. The van der Waals surface area contributed by atoms with Gasteiger partial charge in [0.15, 0.2) is 0 Å². The van der Waals surface area contributed by atoms with Crippen molar-refractivity contribution in [2.24, 2.45) is 0 Å². The second kappa shape index (κ2) is 7.14. The number of benzene rings is 1. The number of fused-ring (bicyclic) bond motifs is 1. The Morgan fingerprint density at radius 3 is 2.62 bits per heavy atom. The monoisotopic (exact) mass is 283 g/mol. The fourth-order valence-corrected chi connectivity index (χ4v) is 1.75. The number of anilines is 2. The normalized spacial score (nSPS) is 9.67. The summed E-state index contributed by atoms with van der Waals surface area (Å²) in [7, 11) is 1.63. The van der Waals surface area contributed by atoms with Crippen LogP contribution in [0.2, 0.25) is 0 Å². The highest BCUT2D eigenvalue weighted by Gasteiger charge is 2.06. The zero-order valence-electron chi connectivity index (χ0n) is 12.2. The van der Waals surface area contributed by atoms with E-state index in [9.17, 15) is 0 Å². The Hall–Kier alpha value is -2.76. The van der Waals surface area contributed by atoms with Crippen molar-refractivity contribution in [3.8, 4) is 5.75 Å². The highest BCUT2D eigenvalue weighted by atomic mass is 16.5. The molecule has 3 rings (SSSR count). The summed E-state index contributed by atoms with van der Waals surface area (Å²) in [5, 5.41) is 3.99. The standard InChI is InChI=1S/C13H11N5O.C2H6/c1-19-9-2-3-11-10(6-9)13(17-8-16-11)18-12-7-14-4-5-15-12;1-2/h2-8H,1H3,(H,15,16,17,18);1-2H3. The Bertz CT molecular complexity index is 703. The molecule has 0 saturated carbocycles. The molecular weight excluding hydrogens is 266 g/mol. The Balaban J connectivity index is 0.000000774. The lowest BCUT2D eigenvalue weighted by molar-refractivity contribution is 0.415. The molecule has 0 spiro atoms. The van der Waals surface area contributed by atoms with Crippen LogP contribution < -0.4 is 10.1 Å². The molecule has 21 heavy (non-hydrogen) atoms. The van der Waals surface area contributed by atoms with Crippen molar-refractivity contribution in [1.29, 1.82) is 0 Å². The predicted molar refractivity (Wildman–Crippen MR) is 82.8 cm³/mol. The molecule has 0 unspecified atom stereocenters. The van der Waals surface area contributed by atoms with E-state index < -0.39 is 0 Å². The molecule has 0 atom stereocenters. The van der Waals surface area contributed by atoms with Gasteiger partial charge in [0.1, 0.15) is 23.7 Å². The summed E-state index contributed by atoms with van der Waals surface area (Å²) >= 11 is 0. The molecule has 0 bridgehead atoms. The van der Waals surface area contributed by atoms with E-state index in [1.54, 1.807) is 25.7 Å². The maximum atomic E-state index is 5.22. The minimum absolute atomic E-state index is 0.630. The number of methoxy groups -OCH3 is 1. The SMILES string of the molecule is CC.COc1ccc2ncnc(Nc3cnccn3)c2c1. The van der Waals surface area contributed by atoms with Crippen LogP contribution in [-0.2, 0) is 0 Å². The average molecular weight is 283 g/mol. The van der Waals surface area contributed by atoms with Crippen LogP contribution in [0.15, 0.2) is 43.1 Å². The van der Waals surface area contributed by atoms with Gasteiger partial charge in [-0.2, -0.15) is 0 Å². The van der Waals surface area contributed by atoms with Crippen LogP contribution in [0.4, 0.5) is 11.6 Å². The van der Waals surface area contributed by atoms with E-state index in [2.05, 4.69) is 25.3 Å². The zero-order valence-corrected chi connectivity index (χ0v) is 12.2. The number of aromatic nitrogens is 4. The molecule has 0 amide bonds. The second-order valence-corrected chi connectivity index (χ2v) is 3.82. The minimum Gasteiger partial charge on any atom is -0.497 e. The quantitative estimate of drug-likeness (QED) is 0.795. The summed E-state index contributed by atoms with van der Waals surface area (Å²) in [6.07, 6.45) is 6.38. The molecule has 0 fully saturated rings. The molecule has 2 aromatic heterocycles. The molecular formula is C15H17N5O. The molecule has 1 N–H and O–H groups in total. The summed E-state index contributed by atoms with van der Waals surface area (Å²) in [5.41, 5.74) is 0.835.